The van der Waals surface area contributed by atoms with Gasteiger partial charge in [-0.3, -0.25) is 0 Å². The molecule has 0 aliphatic carbocycles. The van der Waals surface area contributed by atoms with Crippen molar-refractivity contribution >= 4 is 22.6 Å². The lowest BCUT2D eigenvalue weighted by molar-refractivity contribution is 0.203. The third-order valence-electron chi connectivity index (χ3n) is 2.72. The van der Waals surface area contributed by atoms with E-state index in [0.29, 0.717) is 11.4 Å². The van der Waals surface area contributed by atoms with E-state index in [2.05, 4.69) is 0 Å². The van der Waals surface area contributed by atoms with Crippen LogP contribution in [0.1, 0.15) is 0 Å². The third kappa shape index (κ3) is 1.42. The normalized spacial score (nSPS) is 13.3. The summed E-state index contributed by atoms with van der Waals surface area (Å²) in [7, 11) is 0. The van der Waals surface area contributed by atoms with E-state index in [-0.39, 0.29) is 0 Å². The van der Waals surface area contributed by atoms with Gasteiger partial charge in [-0.1, -0.05) is 30.3 Å². The van der Waals surface area contributed by atoms with Gasteiger partial charge >= 0.3 is 6.09 Å². The van der Waals surface area contributed by atoms with Crippen molar-refractivity contribution in [3.8, 4) is 5.75 Å². The Morgan fingerprint density at radius 2 is 2.00 bits per heavy atom. The van der Waals surface area contributed by atoms with Crippen LogP contribution in [0, 0.1) is 0 Å². The van der Waals surface area contributed by atoms with Crippen molar-refractivity contribution in [3.63, 3.8) is 0 Å². The van der Waals surface area contributed by atoms with Crippen molar-refractivity contribution in [1.82, 2.24) is 0 Å². The number of ether oxygens (including phenoxy) is 1. The molecule has 1 N–H and O–H groups in total. The maximum absolute atomic E-state index is 11.1. The minimum atomic E-state index is -1.03. The molecule has 2 aromatic carbocycles. The van der Waals surface area contributed by atoms with Crippen LogP contribution in [0.5, 0.6) is 5.75 Å². The topological polar surface area (TPSA) is 49.8 Å². The van der Waals surface area contributed by atoms with E-state index in [4.69, 9.17) is 9.84 Å². The molecule has 4 heteroatoms. The Balaban J connectivity index is 2.29. The molecular weight excluding hydrogens is 218 g/mol. The molecule has 4 nitrogen and oxygen atoms in total. The molecule has 0 bridgehead atoms. The molecule has 1 aliphatic heterocycles. The molecule has 3 rings (SSSR count). The number of anilines is 1. The Hall–Kier alpha value is -2.49. The second-order valence-corrected chi connectivity index (χ2v) is 3.69. The van der Waals surface area contributed by atoms with E-state index in [1.807, 2.05) is 30.3 Å². The molecule has 1 aliphatic rings. The maximum Gasteiger partial charge on any atom is 0.416 e. The standard InChI is InChI=1S/C13H9NO3/c15-13(16)14-7-8-17-12-10-4-2-1-3-9(10)5-6-11(12)14/h1-8H,(H,15,16). The van der Waals surface area contributed by atoms with Gasteiger partial charge in [0.1, 0.15) is 6.26 Å². The number of benzene rings is 2. The van der Waals surface area contributed by atoms with Crippen LogP contribution in [0.15, 0.2) is 48.9 Å². The second kappa shape index (κ2) is 3.52. The summed E-state index contributed by atoms with van der Waals surface area (Å²) in [6, 6.07) is 11.3. The summed E-state index contributed by atoms with van der Waals surface area (Å²) in [5.41, 5.74) is 0.540. The van der Waals surface area contributed by atoms with Crippen LogP contribution in [0.3, 0.4) is 0 Å². The van der Waals surface area contributed by atoms with Gasteiger partial charge in [-0.2, -0.15) is 0 Å². The molecule has 0 radical (unpaired) electrons. The fourth-order valence-corrected chi connectivity index (χ4v) is 1.95. The first-order chi connectivity index (χ1) is 8.27. The molecule has 0 fully saturated rings. The van der Waals surface area contributed by atoms with Crippen LogP contribution < -0.4 is 9.64 Å². The highest BCUT2D eigenvalue weighted by Crippen LogP contribution is 2.38. The predicted molar refractivity (Wildman–Crippen MR) is 64.2 cm³/mol. The van der Waals surface area contributed by atoms with Crippen molar-refractivity contribution in [2.24, 2.45) is 0 Å². The summed E-state index contributed by atoms with van der Waals surface area (Å²) in [6.45, 7) is 0. The number of rotatable bonds is 0. The van der Waals surface area contributed by atoms with Crippen molar-refractivity contribution in [2.45, 2.75) is 0 Å². The van der Waals surface area contributed by atoms with Crippen molar-refractivity contribution in [2.75, 3.05) is 4.90 Å². The summed E-state index contributed by atoms with van der Waals surface area (Å²) < 4.78 is 5.43. The van der Waals surface area contributed by atoms with Crippen LogP contribution in [-0.2, 0) is 0 Å². The number of carboxylic acid groups (broad SMARTS) is 1. The second-order valence-electron chi connectivity index (χ2n) is 3.69. The SMILES string of the molecule is O=C(O)N1C=COc2c1ccc1ccccc21. The van der Waals surface area contributed by atoms with Gasteiger partial charge in [-0.05, 0) is 11.5 Å². The number of hydrogen-bond donors (Lipinski definition) is 1. The molecule has 17 heavy (non-hydrogen) atoms. The average molecular weight is 227 g/mol. The van der Waals surface area contributed by atoms with Crippen molar-refractivity contribution in [1.29, 1.82) is 0 Å². The number of amides is 1. The summed E-state index contributed by atoms with van der Waals surface area (Å²) >= 11 is 0. The maximum atomic E-state index is 11.1. The zero-order chi connectivity index (χ0) is 11.8. The van der Waals surface area contributed by atoms with E-state index in [1.165, 1.54) is 12.5 Å². The van der Waals surface area contributed by atoms with E-state index in [0.717, 1.165) is 15.7 Å². The molecule has 0 saturated carbocycles. The summed E-state index contributed by atoms with van der Waals surface area (Å²) in [5, 5.41) is 11.0. The number of hydrogen-bond acceptors (Lipinski definition) is 2. The van der Waals surface area contributed by atoms with Crippen LogP contribution in [0.4, 0.5) is 10.5 Å². The molecule has 0 unspecified atom stereocenters. The van der Waals surface area contributed by atoms with Gasteiger partial charge in [-0.25, -0.2) is 9.69 Å². The van der Waals surface area contributed by atoms with Gasteiger partial charge in [0.25, 0.3) is 0 Å². The van der Waals surface area contributed by atoms with Crippen LogP contribution in [0.25, 0.3) is 10.8 Å². The van der Waals surface area contributed by atoms with Crippen molar-refractivity contribution < 1.29 is 14.6 Å². The molecule has 0 aromatic heterocycles. The Morgan fingerprint density at radius 3 is 2.82 bits per heavy atom. The molecule has 2 aromatic rings. The smallest absolute Gasteiger partial charge is 0.416 e. The van der Waals surface area contributed by atoms with E-state index >= 15 is 0 Å². The lowest BCUT2D eigenvalue weighted by atomic mass is 10.1. The first kappa shape index (κ1) is 9.72. The van der Waals surface area contributed by atoms with E-state index in [9.17, 15) is 4.79 Å². The Labute approximate surface area is 97.3 Å². The number of carbonyl (C=O) groups is 1. The molecule has 84 valence electrons. The van der Waals surface area contributed by atoms with Crippen LogP contribution in [-0.4, -0.2) is 11.2 Å². The average Bonchev–Trinajstić information content (AvgIpc) is 2.37. The third-order valence-corrected chi connectivity index (χ3v) is 2.72. The van der Waals surface area contributed by atoms with Gasteiger partial charge in [0.2, 0.25) is 0 Å². The molecule has 1 heterocycles. The quantitative estimate of drug-likeness (QED) is 0.751. The van der Waals surface area contributed by atoms with Crippen LogP contribution >= 0.6 is 0 Å². The lowest BCUT2D eigenvalue weighted by Crippen LogP contribution is -2.25. The Bertz CT molecular complexity index is 634. The van der Waals surface area contributed by atoms with E-state index in [1.54, 1.807) is 6.07 Å². The fraction of sp³-hybridized carbons (Fsp3) is 0. The number of fused-ring (bicyclic) bond motifs is 3. The first-order valence-electron chi connectivity index (χ1n) is 5.14. The van der Waals surface area contributed by atoms with Gasteiger partial charge in [0.15, 0.2) is 5.75 Å². The summed E-state index contributed by atoms with van der Waals surface area (Å²) in [5.74, 6) is 0.577. The predicted octanol–water partition coefficient (Wildman–Crippen LogP) is 3.19. The zero-order valence-electron chi connectivity index (χ0n) is 8.83. The zero-order valence-corrected chi connectivity index (χ0v) is 8.83. The minimum Gasteiger partial charge on any atom is -0.464 e. The van der Waals surface area contributed by atoms with E-state index < -0.39 is 6.09 Å². The first-order valence-corrected chi connectivity index (χ1v) is 5.14. The van der Waals surface area contributed by atoms with Crippen molar-refractivity contribution in [3.05, 3.63) is 48.9 Å². The molecular formula is C13H9NO3. The van der Waals surface area contributed by atoms with Gasteiger partial charge in [-0.15, -0.1) is 0 Å². The van der Waals surface area contributed by atoms with Crippen LogP contribution in [0.2, 0.25) is 0 Å². The fourth-order valence-electron chi connectivity index (χ4n) is 1.95. The Kier molecular flexibility index (Phi) is 2.01. The highest BCUT2D eigenvalue weighted by molar-refractivity contribution is 6.00. The molecule has 1 amide bonds. The summed E-state index contributed by atoms with van der Waals surface area (Å²) in [6.07, 6.45) is 1.74. The van der Waals surface area contributed by atoms with Gasteiger partial charge < -0.3 is 9.84 Å². The lowest BCUT2D eigenvalue weighted by Gasteiger charge is -2.22. The molecule has 0 saturated heterocycles. The molecule has 0 spiro atoms. The van der Waals surface area contributed by atoms with Gasteiger partial charge in [0, 0.05) is 5.39 Å². The Morgan fingerprint density at radius 1 is 1.18 bits per heavy atom. The largest absolute Gasteiger partial charge is 0.464 e. The number of nitrogens with zero attached hydrogens (tertiary/aromatic N) is 1. The monoisotopic (exact) mass is 227 g/mol. The highest BCUT2D eigenvalue weighted by Gasteiger charge is 2.21. The minimum absolute atomic E-state index is 0.540. The summed E-state index contributed by atoms with van der Waals surface area (Å²) in [4.78, 5) is 12.2. The highest BCUT2D eigenvalue weighted by atomic mass is 16.5. The van der Waals surface area contributed by atoms with Gasteiger partial charge in [0.05, 0.1) is 11.9 Å². The molecule has 0 atom stereocenters.